The predicted molar refractivity (Wildman–Crippen MR) is 76.8 cm³/mol. The van der Waals surface area contributed by atoms with Crippen LogP contribution in [0.25, 0.3) is 0 Å². The van der Waals surface area contributed by atoms with Gasteiger partial charge in [0.15, 0.2) is 0 Å². The van der Waals surface area contributed by atoms with E-state index in [2.05, 4.69) is 5.32 Å². The number of carbonyl (C=O) groups is 1. The lowest BCUT2D eigenvalue weighted by molar-refractivity contribution is -0.123. The van der Waals surface area contributed by atoms with Crippen LogP contribution in [0.2, 0.25) is 0 Å². The van der Waals surface area contributed by atoms with Crippen molar-refractivity contribution in [3.63, 3.8) is 0 Å². The van der Waals surface area contributed by atoms with Crippen molar-refractivity contribution in [2.75, 3.05) is 13.1 Å². The molecule has 4 N–H and O–H groups in total. The zero-order valence-electron chi connectivity index (χ0n) is 11.7. The lowest BCUT2D eigenvalue weighted by Gasteiger charge is -2.24. The van der Waals surface area contributed by atoms with E-state index in [-0.39, 0.29) is 24.9 Å². The third-order valence-electron chi connectivity index (χ3n) is 3.19. The molecule has 1 aromatic carbocycles. The van der Waals surface area contributed by atoms with E-state index in [1.807, 2.05) is 37.3 Å². The molecule has 0 radical (unpaired) electrons. The molecule has 4 heteroatoms. The van der Waals surface area contributed by atoms with Crippen molar-refractivity contribution in [3.05, 3.63) is 35.9 Å². The Morgan fingerprint density at radius 2 is 2.05 bits per heavy atom. The molecule has 4 nitrogen and oxygen atoms in total. The minimum Gasteiger partial charge on any atom is -0.388 e. The van der Waals surface area contributed by atoms with E-state index in [1.54, 1.807) is 6.92 Å². The highest BCUT2D eigenvalue weighted by Gasteiger charge is 2.23. The topological polar surface area (TPSA) is 75.3 Å². The first-order chi connectivity index (χ1) is 9.00. The summed E-state index contributed by atoms with van der Waals surface area (Å²) in [6.07, 6.45) is 1.54. The molecule has 0 saturated carbocycles. The average molecular weight is 264 g/mol. The van der Waals surface area contributed by atoms with Crippen LogP contribution in [0.3, 0.4) is 0 Å². The summed E-state index contributed by atoms with van der Waals surface area (Å²) in [5.74, 6) is -0.497. The van der Waals surface area contributed by atoms with Crippen LogP contribution >= 0.6 is 0 Å². The quantitative estimate of drug-likeness (QED) is 0.696. The lowest BCUT2D eigenvalue weighted by Crippen LogP contribution is -2.43. The van der Waals surface area contributed by atoms with Gasteiger partial charge in [-0.2, -0.15) is 0 Å². The first kappa shape index (κ1) is 15.7. The van der Waals surface area contributed by atoms with Gasteiger partial charge in [-0.3, -0.25) is 4.79 Å². The molecule has 0 aliphatic heterocycles. The minimum absolute atomic E-state index is 0.134. The second-order valence-corrected chi connectivity index (χ2v) is 5.16. The van der Waals surface area contributed by atoms with E-state index in [1.165, 1.54) is 0 Å². The van der Waals surface area contributed by atoms with Crippen LogP contribution in [0.5, 0.6) is 0 Å². The molecule has 0 spiro atoms. The number of nitrogens with two attached hydrogens (primary N) is 1. The standard InChI is InChI=1S/C15H24N2O2/c1-3-9-15(2,19)11-17-14(18)13(10-16)12-7-5-4-6-8-12/h4-8,13,19H,3,9-11,16H2,1-2H3,(H,17,18). The maximum absolute atomic E-state index is 12.1. The van der Waals surface area contributed by atoms with Gasteiger partial charge in [-0.25, -0.2) is 0 Å². The van der Waals surface area contributed by atoms with Crippen molar-refractivity contribution in [3.8, 4) is 0 Å². The van der Waals surface area contributed by atoms with Gasteiger partial charge in [0.25, 0.3) is 0 Å². The van der Waals surface area contributed by atoms with Crippen molar-refractivity contribution >= 4 is 5.91 Å². The average Bonchev–Trinajstić information content (AvgIpc) is 2.39. The van der Waals surface area contributed by atoms with Crippen LogP contribution in [-0.4, -0.2) is 29.7 Å². The third-order valence-corrected chi connectivity index (χ3v) is 3.19. The molecule has 2 atom stereocenters. The van der Waals surface area contributed by atoms with Gasteiger partial charge in [0.1, 0.15) is 0 Å². The number of hydrogen-bond donors (Lipinski definition) is 3. The van der Waals surface area contributed by atoms with Crippen molar-refractivity contribution in [1.29, 1.82) is 0 Å². The van der Waals surface area contributed by atoms with Gasteiger partial charge >= 0.3 is 0 Å². The monoisotopic (exact) mass is 264 g/mol. The molecule has 0 fully saturated rings. The van der Waals surface area contributed by atoms with Crippen LogP contribution in [0.1, 0.15) is 38.2 Å². The summed E-state index contributed by atoms with van der Waals surface area (Å²) in [6, 6.07) is 9.46. The van der Waals surface area contributed by atoms with Gasteiger partial charge in [-0.1, -0.05) is 43.7 Å². The molecule has 0 aromatic heterocycles. The van der Waals surface area contributed by atoms with Crippen molar-refractivity contribution in [2.24, 2.45) is 5.73 Å². The van der Waals surface area contributed by atoms with Crippen LogP contribution in [0.15, 0.2) is 30.3 Å². The Morgan fingerprint density at radius 3 is 2.58 bits per heavy atom. The number of nitrogens with one attached hydrogen (secondary N) is 1. The Bertz CT molecular complexity index is 390. The molecule has 106 valence electrons. The maximum Gasteiger partial charge on any atom is 0.228 e. The highest BCUT2D eigenvalue weighted by Crippen LogP contribution is 2.15. The molecular weight excluding hydrogens is 240 g/mol. The van der Waals surface area contributed by atoms with Gasteiger partial charge in [-0.05, 0) is 18.9 Å². The second-order valence-electron chi connectivity index (χ2n) is 5.16. The zero-order chi connectivity index (χ0) is 14.3. The molecular formula is C15H24N2O2. The van der Waals surface area contributed by atoms with Gasteiger partial charge in [-0.15, -0.1) is 0 Å². The predicted octanol–water partition coefficient (Wildman–Crippen LogP) is 1.40. The summed E-state index contributed by atoms with van der Waals surface area (Å²) < 4.78 is 0. The van der Waals surface area contributed by atoms with E-state index in [0.717, 1.165) is 12.0 Å². The van der Waals surface area contributed by atoms with Crippen molar-refractivity contribution < 1.29 is 9.90 Å². The zero-order valence-corrected chi connectivity index (χ0v) is 11.7. The number of carbonyl (C=O) groups excluding carboxylic acids is 1. The van der Waals surface area contributed by atoms with E-state index in [0.29, 0.717) is 6.42 Å². The number of hydrogen-bond acceptors (Lipinski definition) is 3. The summed E-state index contributed by atoms with van der Waals surface area (Å²) in [4.78, 5) is 12.1. The Morgan fingerprint density at radius 1 is 1.42 bits per heavy atom. The second kappa shape index (κ2) is 7.26. The van der Waals surface area contributed by atoms with E-state index >= 15 is 0 Å². The van der Waals surface area contributed by atoms with Gasteiger partial charge < -0.3 is 16.2 Å². The first-order valence-corrected chi connectivity index (χ1v) is 6.75. The summed E-state index contributed by atoms with van der Waals surface area (Å²) in [7, 11) is 0. The highest BCUT2D eigenvalue weighted by molar-refractivity contribution is 5.83. The smallest absolute Gasteiger partial charge is 0.228 e. The maximum atomic E-state index is 12.1. The molecule has 0 heterocycles. The van der Waals surface area contributed by atoms with Gasteiger partial charge in [0.2, 0.25) is 5.91 Å². The Hall–Kier alpha value is -1.39. The molecule has 0 aliphatic rings. The van der Waals surface area contributed by atoms with Crippen molar-refractivity contribution in [1.82, 2.24) is 5.32 Å². The van der Waals surface area contributed by atoms with Crippen LogP contribution < -0.4 is 11.1 Å². The Balaban J connectivity index is 2.61. The number of amides is 1. The molecule has 1 amide bonds. The number of aliphatic hydroxyl groups is 1. The fourth-order valence-corrected chi connectivity index (χ4v) is 2.11. The summed E-state index contributed by atoms with van der Waals surface area (Å²) in [5, 5.41) is 12.8. The molecule has 0 bridgehead atoms. The van der Waals surface area contributed by atoms with E-state index < -0.39 is 5.60 Å². The minimum atomic E-state index is -0.861. The largest absolute Gasteiger partial charge is 0.388 e. The van der Waals surface area contributed by atoms with Gasteiger partial charge in [0.05, 0.1) is 11.5 Å². The summed E-state index contributed by atoms with van der Waals surface area (Å²) in [6.45, 7) is 4.24. The van der Waals surface area contributed by atoms with Crippen LogP contribution in [-0.2, 0) is 4.79 Å². The lowest BCUT2D eigenvalue weighted by atomic mass is 9.97. The Kier molecular flexibility index (Phi) is 5.99. The number of benzene rings is 1. The van der Waals surface area contributed by atoms with E-state index in [4.69, 9.17) is 5.73 Å². The number of rotatable bonds is 7. The molecule has 2 unspecified atom stereocenters. The van der Waals surface area contributed by atoms with Crippen LogP contribution in [0.4, 0.5) is 0 Å². The van der Waals surface area contributed by atoms with Crippen LogP contribution in [0, 0.1) is 0 Å². The van der Waals surface area contributed by atoms with Gasteiger partial charge in [0, 0.05) is 13.1 Å². The summed E-state index contributed by atoms with van der Waals surface area (Å²) >= 11 is 0. The third kappa shape index (κ3) is 5.01. The van der Waals surface area contributed by atoms with E-state index in [9.17, 15) is 9.90 Å². The first-order valence-electron chi connectivity index (χ1n) is 6.75. The Labute approximate surface area is 115 Å². The molecule has 1 aromatic rings. The molecule has 0 aliphatic carbocycles. The molecule has 19 heavy (non-hydrogen) atoms. The summed E-state index contributed by atoms with van der Waals surface area (Å²) in [5.41, 5.74) is 5.72. The SMILES string of the molecule is CCCC(C)(O)CNC(=O)C(CN)c1ccccc1. The highest BCUT2D eigenvalue weighted by atomic mass is 16.3. The normalized spacial score (nSPS) is 15.6. The molecule has 1 rings (SSSR count). The van der Waals surface area contributed by atoms with Crippen molar-refractivity contribution in [2.45, 2.75) is 38.2 Å². The fourth-order valence-electron chi connectivity index (χ4n) is 2.11. The fraction of sp³-hybridized carbons (Fsp3) is 0.533. The molecule has 0 saturated heterocycles.